The van der Waals surface area contributed by atoms with Gasteiger partial charge in [0.2, 0.25) is 6.29 Å². The number of rotatable bonds is 4. The second-order valence-electron chi connectivity index (χ2n) is 5.89. The normalized spacial score (nSPS) is 11.9. The number of carbonyl (C=O) groups excluding carboxylic acids is 2. The average Bonchev–Trinajstić information content (AvgIpc) is 3.03. The molecule has 0 bridgehead atoms. The topological polar surface area (TPSA) is 100 Å². The highest BCUT2D eigenvalue weighted by atomic mass is 16.7. The van der Waals surface area contributed by atoms with Crippen molar-refractivity contribution in [3.05, 3.63) is 77.4 Å². The van der Waals surface area contributed by atoms with Crippen LogP contribution in [0.4, 0.5) is 0 Å². The molecule has 1 aliphatic rings. The van der Waals surface area contributed by atoms with Crippen molar-refractivity contribution in [3.63, 3.8) is 0 Å². The predicted octanol–water partition coefficient (Wildman–Crippen LogP) is 3.75. The lowest BCUT2D eigenvalue weighted by Crippen LogP contribution is -2.20. The molecule has 0 amide bonds. The van der Waals surface area contributed by atoms with Gasteiger partial charge in [-0.3, -0.25) is 0 Å². The predicted molar refractivity (Wildman–Crippen MR) is 100 cm³/mol. The molecule has 6 heteroatoms. The van der Waals surface area contributed by atoms with E-state index in [1.807, 2.05) is 36.4 Å². The van der Waals surface area contributed by atoms with Gasteiger partial charge in [-0.15, -0.1) is 0 Å². The van der Waals surface area contributed by atoms with Gasteiger partial charge >= 0.3 is 11.9 Å². The number of hydrogen-bond donors (Lipinski definition) is 0. The second-order valence-corrected chi connectivity index (χ2v) is 5.89. The van der Waals surface area contributed by atoms with E-state index in [-0.39, 0.29) is 11.1 Å². The van der Waals surface area contributed by atoms with Crippen molar-refractivity contribution in [1.82, 2.24) is 0 Å². The number of hydrogen-bond acceptors (Lipinski definition) is 6. The summed E-state index contributed by atoms with van der Waals surface area (Å²) in [5.41, 5.74) is 3.71. The molecule has 0 saturated heterocycles. The number of benzene rings is 2. The summed E-state index contributed by atoms with van der Waals surface area (Å²) < 4.78 is 9.95. The van der Waals surface area contributed by atoms with Crippen LogP contribution in [0.2, 0.25) is 0 Å². The van der Waals surface area contributed by atoms with E-state index in [0.717, 1.165) is 22.8 Å². The fourth-order valence-corrected chi connectivity index (χ4v) is 3.05. The molecule has 1 aliphatic carbocycles. The van der Waals surface area contributed by atoms with Gasteiger partial charge in [-0.05, 0) is 34.4 Å². The first-order valence-corrected chi connectivity index (χ1v) is 8.32. The maximum atomic E-state index is 12.4. The van der Waals surface area contributed by atoms with Crippen molar-refractivity contribution >= 4 is 17.5 Å². The van der Waals surface area contributed by atoms with Gasteiger partial charge in [0.05, 0.1) is 5.56 Å². The van der Waals surface area contributed by atoms with Crippen LogP contribution in [0.5, 0.6) is 0 Å². The Kier molecular flexibility index (Phi) is 5.06. The Morgan fingerprint density at radius 3 is 2.29 bits per heavy atom. The molecule has 0 aliphatic heterocycles. The zero-order chi connectivity index (χ0) is 20.3. The molecule has 0 radical (unpaired) electrons. The van der Waals surface area contributed by atoms with Crippen LogP contribution in [0.3, 0.4) is 0 Å². The first-order valence-electron chi connectivity index (χ1n) is 8.32. The lowest BCUT2D eigenvalue weighted by Gasteiger charge is -2.13. The number of allylic oxidation sites excluding steroid dienone is 1. The lowest BCUT2D eigenvalue weighted by atomic mass is 9.98. The van der Waals surface area contributed by atoms with E-state index in [1.54, 1.807) is 18.2 Å². The van der Waals surface area contributed by atoms with Crippen molar-refractivity contribution in [2.24, 2.45) is 0 Å². The van der Waals surface area contributed by atoms with Crippen molar-refractivity contribution in [2.45, 2.75) is 13.2 Å². The highest BCUT2D eigenvalue weighted by molar-refractivity contribution is 6.05. The molecule has 6 nitrogen and oxygen atoms in total. The number of fused-ring (bicyclic) bond motifs is 3. The van der Waals surface area contributed by atoms with Crippen molar-refractivity contribution in [2.75, 3.05) is 0 Å². The maximum Gasteiger partial charge on any atom is 0.341 e. The summed E-state index contributed by atoms with van der Waals surface area (Å²) in [6.07, 6.45) is -0.119. The summed E-state index contributed by atoms with van der Waals surface area (Å²) in [7, 11) is 0. The minimum Gasteiger partial charge on any atom is -0.422 e. The Morgan fingerprint density at radius 1 is 1.00 bits per heavy atom. The van der Waals surface area contributed by atoms with Crippen molar-refractivity contribution in [1.29, 1.82) is 10.5 Å². The average molecular weight is 370 g/mol. The van der Waals surface area contributed by atoms with Crippen molar-refractivity contribution < 1.29 is 19.1 Å². The molecule has 0 aromatic heterocycles. The third kappa shape index (κ3) is 3.27. The van der Waals surface area contributed by atoms with Gasteiger partial charge in [0, 0.05) is 18.6 Å². The van der Waals surface area contributed by atoms with Gasteiger partial charge in [-0.25, -0.2) is 9.59 Å². The molecule has 3 rings (SSSR count). The molecule has 0 saturated carbocycles. The molecule has 1 unspecified atom stereocenters. The van der Waals surface area contributed by atoms with Crippen molar-refractivity contribution in [3.8, 4) is 23.3 Å². The lowest BCUT2D eigenvalue weighted by molar-refractivity contribution is -0.159. The van der Waals surface area contributed by atoms with Crippen LogP contribution in [0.25, 0.3) is 16.7 Å². The molecule has 0 fully saturated rings. The largest absolute Gasteiger partial charge is 0.422 e. The summed E-state index contributed by atoms with van der Waals surface area (Å²) in [6, 6.07) is 16.1. The third-order valence-electron chi connectivity index (χ3n) is 4.21. The van der Waals surface area contributed by atoms with Crippen LogP contribution in [-0.2, 0) is 14.3 Å². The number of esters is 2. The number of nitrogens with zero attached hydrogens (tertiary/aromatic N) is 2. The fraction of sp³-hybridized carbons (Fsp3) is 0.0909. The molecule has 0 heterocycles. The molecule has 0 spiro atoms. The molecule has 2 aromatic rings. The maximum absolute atomic E-state index is 12.4. The summed E-state index contributed by atoms with van der Waals surface area (Å²) in [6.45, 7) is 4.69. The van der Waals surface area contributed by atoms with E-state index in [4.69, 9.17) is 9.47 Å². The Labute approximate surface area is 161 Å². The van der Waals surface area contributed by atoms with E-state index in [2.05, 4.69) is 6.58 Å². The SMILES string of the molecule is C=CC(=O)OC(C)OC(=O)c1ccc2c(c1)C(=C(C#N)C#N)c1ccccc1-2. The van der Waals surface area contributed by atoms with E-state index in [9.17, 15) is 20.1 Å². The van der Waals surface area contributed by atoms with Crippen LogP contribution >= 0.6 is 0 Å². The Bertz CT molecular complexity index is 1100. The van der Waals surface area contributed by atoms with E-state index in [0.29, 0.717) is 11.1 Å². The summed E-state index contributed by atoms with van der Waals surface area (Å²) in [4.78, 5) is 23.6. The van der Waals surface area contributed by atoms with Crippen LogP contribution < -0.4 is 0 Å². The zero-order valence-corrected chi connectivity index (χ0v) is 14.9. The summed E-state index contributed by atoms with van der Waals surface area (Å²) in [5, 5.41) is 18.7. The van der Waals surface area contributed by atoms with Gasteiger partial charge in [-0.1, -0.05) is 36.9 Å². The van der Waals surface area contributed by atoms with Gasteiger partial charge in [-0.2, -0.15) is 10.5 Å². The first-order chi connectivity index (χ1) is 13.5. The van der Waals surface area contributed by atoms with E-state index < -0.39 is 18.2 Å². The Morgan fingerprint density at radius 2 is 1.64 bits per heavy atom. The molecule has 28 heavy (non-hydrogen) atoms. The van der Waals surface area contributed by atoms with Crippen LogP contribution in [0.1, 0.15) is 28.4 Å². The number of carbonyl (C=O) groups is 2. The van der Waals surface area contributed by atoms with E-state index in [1.165, 1.54) is 6.92 Å². The Balaban J connectivity index is 2.02. The number of ether oxygens (including phenoxy) is 2. The molecular formula is C22H14N2O4. The summed E-state index contributed by atoms with van der Waals surface area (Å²) >= 11 is 0. The minimum atomic E-state index is -1.09. The Hall–Kier alpha value is -4.16. The van der Waals surface area contributed by atoms with E-state index >= 15 is 0 Å². The van der Waals surface area contributed by atoms with Gasteiger partial charge in [0.25, 0.3) is 0 Å². The molecule has 1 atom stereocenters. The van der Waals surface area contributed by atoms with Crippen LogP contribution in [-0.4, -0.2) is 18.2 Å². The monoisotopic (exact) mass is 370 g/mol. The highest BCUT2D eigenvalue weighted by Gasteiger charge is 2.27. The molecule has 2 aromatic carbocycles. The molecular weight excluding hydrogens is 356 g/mol. The fourth-order valence-electron chi connectivity index (χ4n) is 3.05. The third-order valence-corrected chi connectivity index (χ3v) is 4.21. The zero-order valence-electron chi connectivity index (χ0n) is 14.9. The van der Waals surface area contributed by atoms with Crippen LogP contribution in [0.15, 0.2) is 60.7 Å². The smallest absolute Gasteiger partial charge is 0.341 e. The standard InChI is InChI=1S/C22H14N2O4/c1-3-20(25)27-13(2)28-22(26)14-8-9-17-16-6-4-5-7-18(16)21(19(17)10-14)15(11-23)12-24/h3-10,13H,1H2,2H3. The summed E-state index contributed by atoms with van der Waals surface area (Å²) in [5.74, 6) is -1.40. The highest BCUT2D eigenvalue weighted by Crippen LogP contribution is 2.45. The number of nitriles is 2. The first kappa shape index (κ1) is 18.6. The second kappa shape index (κ2) is 7.61. The quantitative estimate of drug-likeness (QED) is 0.300. The molecule has 0 N–H and O–H groups in total. The van der Waals surface area contributed by atoms with Gasteiger partial charge in [0.1, 0.15) is 17.7 Å². The minimum absolute atomic E-state index is 0.0370. The van der Waals surface area contributed by atoms with Gasteiger partial charge in [0.15, 0.2) is 0 Å². The molecule has 136 valence electrons. The van der Waals surface area contributed by atoms with Gasteiger partial charge < -0.3 is 9.47 Å². The van der Waals surface area contributed by atoms with Crippen LogP contribution in [0, 0.1) is 22.7 Å².